The van der Waals surface area contributed by atoms with Crippen molar-refractivity contribution in [2.24, 2.45) is 13.0 Å². The number of hydrogen-bond acceptors (Lipinski definition) is 3. The van der Waals surface area contributed by atoms with Gasteiger partial charge in [0.05, 0.1) is 16.9 Å². The van der Waals surface area contributed by atoms with Crippen LogP contribution in [0.2, 0.25) is 0 Å². The van der Waals surface area contributed by atoms with Crippen molar-refractivity contribution in [1.29, 1.82) is 0 Å². The number of hydrogen-bond donors (Lipinski definition) is 1. The minimum Gasteiger partial charge on any atom is -0.342 e. The molecule has 1 saturated carbocycles. The summed E-state index contributed by atoms with van der Waals surface area (Å²) in [5.74, 6) is 0.860. The van der Waals surface area contributed by atoms with E-state index in [0.29, 0.717) is 5.82 Å². The Morgan fingerprint density at radius 1 is 1.27 bits per heavy atom. The highest BCUT2D eigenvalue weighted by Crippen LogP contribution is 2.31. The first-order valence-corrected chi connectivity index (χ1v) is 7.40. The third kappa shape index (κ3) is 2.24. The number of carbonyl (C=O) groups excluding carboxylic acids is 1. The second kappa shape index (κ2) is 4.94. The van der Waals surface area contributed by atoms with Crippen LogP contribution in [0.25, 0.3) is 22.3 Å². The average Bonchev–Trinajstić information content (AvgIpc) is 3.34. The van der Waals surface area contributed by atoms with Crippen LogP contribution in [0.5, 0.6) is 0 Å². The predicted molar refractivity (Wildman–Crippen MR) is 85.3 cm³/mol. The van der Waals surface area contributed by atoms with E-state index in [4.69, 9.17) is 0 Å². The largest absolute Gasteiger partial charge is 0.342 e. The van der Waals surface area contributed by atoms with Crippen molar-refractivity contribution in [2.45, 2.75) is 12.8 Å². The number of nitrogens with one attached hydrogen (secondary N) is 1. The van der Waals surface area contributed by atoms with E-state index >= 15 is 0 Å². The van der Waals surface area contributed by atoms with E-state index in [2.05, 4.69) is 25.9 Å². The molecule has 3 aromatic heterocycles. The number of fused-ring (bicyclic) bond motifs is 1. The van der Waals surface area contributed by atoms with E-state index in [-0.39, 0.29) is 11.8 Å². The Kier molecular flexibility index (Phi) is 2.92. The molecular formula is C17H16N4O. The van der Waals surface area contributed by atoms with Gasteiger partial charge in [-0.15, -0.1) is 0 Å². The molecule has 0 aliphatic heterocycles. The molecule has 0 aromatic carbocycles. The van der Waals surface area contributed by atoms with E-state index in [1.807, 2.05) is 31.3 Å². The maximum absolute atomic E-state index is 11.9. The van der Waals surface area contributed by atoms with E-state index in [0.717, 1.165) is 35.1 Å². The van der Waals surface area contributed by atoms with E-state index in [1.54, 1.807) is 12.4 Å². The summed E-state index contributed by atoms with van der Waals surface area (Å²) < 4.78 is 2.08. The maximum atomic E-state index is 11.9. The summed E-state index contributed by atoms with van der Waals surface area (Å²) >= 11 is 0. The molecule has 3 heterocycles. The van der Waals surface area contributed by atoms with Gasteiger partial charge >= 0.3 is 0 Å². The third-order valence-electron chi connectivity index (χ3n) is 4.05. The van der Waals surface area contributed by atoms with Gasteiger partial charge in [0, 0.05) is 36.8 Å². The molecule has 1 aliphatic carbocycles. The molecule has 1 N–H and O–H groups in total. The molecule has 110 valence electrons. The van der Waals surface area contributed by atoms with Crippen LogP contribution in [-0.2, 0) is 11.8 Å². The number of aromatic nitrogens is 3. The van der Waals surface area contributed by atoms with Gasteiger partial charge in [0.1, 0.15) is 5.82 Å². The Labute approximate surface area is 128 Å². The zero-order valence-electron chi connectivity index (χ0n) is 12.3. The van der Waals surface area contributed by atoms with Crippen molar-refractivity contribution in [3.05, 3.63) is 42.7 Å². The zero-order valence-corrected chi connectivity index (χ0v) is 12.3. The Morgan fingerprint density at radius 3 is 2.86 bits per heavy atom. The SMILES string of the molecule is Cn1c(-c2ccccn2)cc2cnc(NC(=O)C3CC3)cc21. The van der Waals surface area contributed by atoms with E-state index < -0.39 is 0 Å². The lowest BCUT2D eigenvalue weighted by molar-refractivity contribution is -0.117. The Bertz CT molecular complexity index is 850. The van der Waals surface area contributed by atoms with Gasteiger partial charge < -0.3 is 9.88 Å². The third-order valence-corrected chi connectivity index (χ3v) is 4.05. The number of anilines is 1. The molecule has 4 rings (SSSR count). The van der Waals surface area contributed by atoms with Crippen LogP contribution in [0.1, 0.15) is 12.8 Å². The van der Waals surface area contributed by atoms with E-state index in [1.165, 1.54) is 0 Å². The molecule has 1 aliphatic rings. The smallest absolute Gasteiger partial charge is 0.228 e. The lowest BCUT2D eigenvalue weighted by atomic mass is 10.2. The minimum atomic E-state index is 0.0750. The second-order valence-corrected chi connectivity index (χ2v) is 5.70. The van der Waals surface area contributed by atoms with Crippen LogP contribution in [0, 0.1) is 5.92 Å². The van der Waals surface area contributed by atoms with E-state index in [9.17, 15) is 4.79 Å². The Hall–Kier alpha value is -2.69. The lowest BCUT2D eigenvalue weighted by Gasteiger charge is -2.05. The number of amides is 1. The summed E-state index contributed by atoms with van der Waals surface area (Å²) in [5.41, 5.74) is 2.98. The molecule has 0 saturated heterocycles. The van der Waals surface area contributed by atoms with Gasteiger partial charge in [0.25, 0.3) is 0 Å². The zero-order chi connectivity index (χ0) is 15.1. The Morgan fingerprint density at radius 2 is 2.14 bits per heavy atom. The topological polar surface area (TPSA) is 59.8 Å². The normalized spacial score (nSPS) is 14.2. The summed E-state index contributed by atoms with van der Waals surface area (Å²) in [4.78, 5) is 20.6. The molecule has 0 bridgehead atoms. The number of pyridine rings is 2. The fourth-order valence-corrected chi connectivity index (χ4v) is 2.63. The monoisotopic (exact) mass is 292 g/mol. The van der Waals surface area contributed by atoms with Gasteiger partial charge in [0.2, 0.25) is 5.91 Å². The molecule has 1 amide bonds. The van der Waals surface area contributed by atoms with Gasteiger partial charge in [-0.1, -0.05) is 6.07 Å². The Balaban J connectivity index is 1.73. The van der Waals surface area contributed by atoms with Crippen LogP contribution in [0.4, 0.5) is 5.82 Å². The summed E-state index contributed by atoms with van der Waals surface area (Å²) in [6.07, 6.45) is 5.56. The molecule has 0 radical (unpaired) electrons. The summed E-state index contributed by atoms with van der Waals surface area (Å²) in [5, 5.41) is 3.93. The number of carbonyl (C=O) groups is 1. The molecule has 0 unspecified atom stereocenters. The summed E-state index contributed by atoms with van der Waals surface area (Å²) in [6.45, 7) is 0. The molecule has 5 heteroatoms. The van der Waals surface area contributed by atoms with Crippen molar-refractivity contribution < 1.29 is 4.79 Å². The highest BCUT2D eigenvalue weighted by molar-refractivity contribution is 5.95. The van der Waals surface area contributed by atoms with Crippen LogP contribution in [0.3, 0.4) is 0 Å². The molecule has 0 atom stereocenters. The molecule has 22 heavy (non-hydrogen) atoms. The maximum Gasteiger partial charge on any atom is 0.228 e. The molecule has 5 nitrogen and oxygen atoms in total. The van der Waals surface area contributed by atoms with Crippen LogP contribution in [0.15, 0.2) is 42.7 Å². The number of rotatable bonds is 3. The first-order chi connectivity index (χ1) is 10.7. The highest BCUT2D eigenvalue weighted by atomic mass is 16.2. The molecule has 0 spiro atoms. The van der Waals surface area contributed by atoms with Gasteiger partial charge in [-0.2, -0.15) is 0 Å². The lowest BCUT2D eigenvalue weighted by Crippen LogP contribution is -2.14. The van der Waals surface area contributed by atoms with Crippen LogP contribution in [-0.4, -0.2) is 20.4 Å². The number of aryl methyl sites for hydroxylation is 1. The predicted octanol–water partition coefficient (Wildman–Crippen LogP) is 2.98. The van der Waals surface area contributed by atoms with Crippen LogP contribution >= 0.6 is 0 Å². The van der Waals surface area contributed by atoms with Crippen molar-refractivity contribution >= 4 is 22.6 Å². The number of nitrogens with zero attached hydrogens (tertiary/aromatic N) is 3. The quantitative estimate of drug-likeness (QED) is 0.807. The molecule has 3 aromatic rings. The second-order valence-electron chi connectivity index (χ2n) is 5.70. The molecular weight excluding hydrogens is 276 g/mol. The molecule has 1 fully saturated rings. The first-order valence-electron chi connectivity index (χ1n) is 7.40. The van der Waals surface area contributed by atoms with Crippen LogP contribution < -0.4 is 5.32 Å². The van der Waals surface area contributed by atoms with Crippen molar-refractivity contribution in [3.8, 4) is 11.4 Å². The fraction of sp³-hybridized carbons (Fsp3) is 0.235. The standard InChI is InChI=1S/C17H16N4O/c1-21-14-9-16(20-17(22)11-5-6-11)19-10-12(14)8-15(21)13-4-2-3-7-18-13/h2-4,7-11H,5-6H2,1H3,(H,19,20,22). The highest BCUT2D eigenvalue weighted by Gasteiger charge is 2.29. The van der Waals surface area contributed by atoms with Gasteiger partial charge in [-0.05, 0) is 31.0 Å². The average molecular weight is 292 g/mol. The van der Waals surface area contributed by atoms with Gasteiger partial charge in [-0.25, -0.2) is 4.98 Å². The van der Waals surface area contributed by atoms with Gasteiger partial charge in [0.15, 0.2) is 0 Å². The summed E-state index contributed by atoms with van der Waals surface area (Å²) in [7, 11) is 2.00. The first kappa shape index (κ1) is 13.0. The van der Waals surface area contributed by atoms with Gasteiger partial charge in [-0.3, -0.25) is 9.78 Å². The van der Waals surface area contributed by atoms with Crippen molar-refractivity contribution in [2.75, 3.05) is 5.32 Å². The van der Waals surface area contributed by atoms with Crippen molar-refractivity contribution in [3.63, 3.8) is 0 Å². The summed E-state index contributed by atoms with van der Waals surface area (Å²) in [6, 6.07) is 9.84. The van der Waals surface area contributed by atoms with Crippen molar-refractivity contribution in [1.82, 2.24) is 14.5 Å². The minimum absolute atomic E-state index is 0.0750. The fourth-order valence-electron chi connectivity index (χ4n) is 2.63.